The van der Waals surface area contributed by atoms with Gasteiger partial charge in [-0.2, -0.15) is 0 Å². The van der Waals surface area contributed by atoms with Gasteiger partial charge in [0, 0.05) is 18.1 Å². The Labute approximate surface area is 179 Å². The average Bonchev–Trinajstić information content (AvgIpc) is 3.25. The zero-order valence-electron chi connectivity index (χ0n) is 17.1. The van der Waals surface area contributed by atoms with Gasteiger partial charge in [-0.25, -0.2) is 4.79 Å². The first-order valence-corrected chi connectivity index (χ1v) is 10.2. The highest BCUT2D eigenvalue weighted by Gasteiger charge is 2.32. The van der Waals surface area contributed by atoms with E-state index in [0.29, 0.717) is 37.6 Å². The Morgan fingerprint density at radius 3 is 2.94 bits per heavy atom. The molecule has 2 heterocycles. The van der Waals surface area contributed by atoms with Gasteiger partial charge in [0.25, 0.3) is 5.56 Å². The summed E-state index contributed by atoms with van der Waals surface area (Å²) in [5.41, 5.74) is 6.08. The molecule has 2 aromatic rings. The van der Waals surface area contributed by atoms with Gasteiger partial charge in [-0.1, -0.05) is 24.3 Å². The fraction of sp³-hybridized carbons (Fsp3) is 0.364. The van der Waals surface area contributed by atoms with Crippen LogP contribution in [0.5, 0.6) is 0 Å². The maximum absolute atomic E-state index is 12.1. The molecular formula is C22H26N4O5. The number of likely N-dealkylation sites (tertiary alicyclic amines) is 1. The first kappa shape index (κ1) is 22.1. The fourth-order valence-electron chi connectivity index (χ4n) is 3.55. The van der Waals surface area contributed by atoms with E-state index in [1.54, 1.807) is 6.20 Å². The maximum Gasteiger partial charge on any atom is 0.407 e. The molecule has 31 heavy (non-hydrogen) atoms. The molecule has 0 saturated carbocycles. The SMILES string of the molecule is NC(=O)[C@@H]1CCCN1C(=O)CNC(=O)OCCC/C=C/c1ccc2cc[nH]c(=O)c2c1. The number of unbranched alkanes of at least 4 members (excludes halogenated alkanes) is 1. The Kier molecular flexibility index (Phi) is 7.42. The van der Waals surface area contributed by atoms with E-state index in [4.69, 9.17) is 10.5 Å². The van der Waals surface area contributed by atoms with Crippen LogP contribution >= 0.6 is 0 Å². The van der Waals surface area contributed by atoms with Crippen molar-refractivity contribution in [2.75, 3.05) is 19.7 Å². The number of aromatic nitrogens is 1. The lowest BCUT2D eigenvalue weighted by Crippen LogP contribution is -2.47. The number of aromatic amines is 1. The molecule has 0 bridgehead atoms. The highest BCUT2D eigenvalue weighted by atomic mass is 16.5. The van der Waals surface area contributed by atoms with Crippen LogP contribution in [0.3, 0.4) is 0 Å². The van der Waals surface area contributed by atoms with Gasteiger partial charge in [0.05, 0.1) is 6.61 Å². The number of nitrogens with zero attached hydrogens (tertiary/aromatic N) is 1. The second kappa shape index (κ2) is 10.4. The summed E-state index contributed by atoms with van der Waals surface area (Å²) in [4.78, 5) is 51.1. The maximum atomic E-state index is 12.1. The van der Waals surface area contributed by atoms with Crippen LogP contribution in [0.15, 0.2) is 41.3 Å². The average molecular weight is 426 g/mol. The number of primary amides is 1. The number of nitrogens with two attached hydrogens (primary N) is 1. The minimum absolute atomic E-state index is 0.125. The monoisotopic (exact) mass is 426 g/mol. The molecule has 0 spiro atoms. The number of rotatable bonds is 8. The number of carbonyl (C=O) groups is 3. The Morgan fingerprint density at radius 2 is 2.13 bits per heavy atom. The molecule has 1 aliphatic heterocycles. The summed E-state index contributed by atoms with van der Waals surface area (Å²) in [6, 6.07) is 6.91. The predicted octanol–water partition coefficient (Wildman–Crippen LogP) is 1.52. The number of benzene rings is 1. The zero-order valence-corrected chi connectivity index (χ0v) is 17.1. The lowest BCUT2D eigenvalue weighted by atomic mass is 10.1. The molecule has 1 saturated heterocycles. The number of hydrogen-bond acceptors (Lipinski definition) is 5. The highest BCUT2D eigenvalue weighted by Crippen LogP contribution is 2.16. The molecule has 1 aromatic carbocycles. The normalized spacial score (nSPS) is 16.0. The molecule has 1 atom stereocenters. The van der Waals surface area contributed by atoms with E-state index in [9.17, 15) is 19.2 Å². The summed E-state index contributed by atoms with van der Waals surface area (Å²) >= 11 is 0. The molecule has 1 fully saturated rings. The third-order valence-electron chi connectivity index (χ3n) is 5.14. The van der Waals surface area contributed by atoms with Gasteiger partial charge in [0.1, 0.15) is 12.6 Å². The second-order valence-corrected chi connectivity index (χ2v) is 7.34. The van der Waals surface area contributed by atoms with Crippen molar-refractivity contribution in [1.29, 1.82) is 0 Å². The predicted molar refractivity (Wildman–Crippen MR) is 116 cm³/mol. The van der Waals surface area contributed by atoms with E-state index < -0.39 is 18.0 Å². The minimum atomic E-state index is -0.680. The Balaban J connectivity index is 1.35. The summed E-state index contributed by atoms with van der Waals surface area (Å²) < 4.78 is 5.06. The van der Waals surface area contributed by atoms with Crippen LogP contribution in [0, 0.1) is 0 Å². The van der Waals surface area contributed by atoms with Crippen molar-refractivity contribution in [3.63, 3.8) is 0 Å². The molecule has 0 unspecified atom stereocenters. The van der Waals surface area contributed by atoms with Crippen molar-refractivity contribution in [1.82, 2.24) is 15.2 Å². The van der Waals surface area contributed by atoms with E-state index in [2.05, 4.69) is 10.3 Å². The number of amides is 3. The van der Waals surface area contributed by atoms with Crippen LogP contribution in [0.25, 0.3) is 16.8 Å². The van der Waals surface area contributed by atoms with Crippen LogP contribution in [0.1, 0.15) is 31.2 Å². The van der Waals surface area contributed by atoms with Crippen LogP contribution in [0.4, 0.5) is 4.79 Å². The number of H-pyrrole nitrogens is 1. The number of nitrogens with one attached hydrogen (secondary N) is 2. The second-order valence-electron chi connectivity index (χ2n) is 7.34. The Bertz CT molecular complexity index is 1050. The van der Waals surface area contributed by atoms with Gasteiger partial charge in [0.15, 0.2) is 0 Å². The molecule has 0 aliphatic carbocycles. The summed E-state index contributed by atoms with van der Waals surface area (Å²) in [7, 11) is 0. The lowest BCUT2D eigenvalue weighted by molar-refractivity contribution is -0.136. The van der Waals surface area contributed by atoms with Crippen LogP contribution in [0.2, 0.25) is 0 Å². The Hall–Kier alpha value is -3.62. The van der Waals surface area contributed by atoms with Gasteiger partial charge in [-0.3, -0.25) is 14.4 Å². The topological polar surface area (TPSA) is 135 Å². The number of hydrogen-bond donors (Lipinski definition) is 3. The Morgan fingerprint density at radius 1 is 1.29 bits per heavy atom. The molecule has 9 nitrogen and oxygen atoms in total. The fourth-order valence-corrected chi connectivity index (χ4v) is 3.55. The van der Waals surface area contributed by atoms with Gasteiger partial charge in [-0.15, -0.1) is 0 Å². The number of pyridine rings is 1. The summed E-state index contributed by atoms with van der Waals surface area (Å²) in [6.45, 7) is 0.431. The molecular weight excluding hydrogens is 400 g/mol. The van der Waals surface area contributed by atoms with Crippen molar-refractivity contribution in [3.8, 4) is 0 Å². The summed E-state index contributed by atoms with van der Waals surface area (Å²) in [5, 5.41) is 3.92. The minimum Gasteiger partial charge on any atom is -0.450 e. The third-order valence-corrected chi connectivity index (χ3v) is 5.14. The molecule has 1 aromatic heterocycles. The van der Waals surface area contributed by atoms with E-state index in [0.717, 1.165) is 10.9 Å². The quantitative estimate of drug-likeness (QED) is 0.550. The summed E-state index contributed by atoms with van der Waals surface area (Å²) in [6.07, 6.45) is 7.36. The van der Waals surface area contributed by atoms with Gasteiger partial charge >= 0.3 is 6.09 Å². The number of allylic oxidation sites excluding steroid dienone is 1. The van der Waals surface area contributed by atoms with Gasteiger partial charge in [-0.05, 0) is 48.8 Å². The standard InChI is InChI=1S/C22H26N4O5/c23-20(28)18-6-4-11-26(18)19(27)14-25-22(30)31-12-3-1-2-5-15-7-8-16-9-10-24-21(29)17(16)13-15/h2,5,7-10,13,18H,1,3-4,6,11-12,14H2,(H2,23,28)(H,24,29)(H,25,30)/b5-2+/t18-/m0/s1. The van der Waals surface area contributed by atoms with E-state index >= 15 is 0 Å². The molecule has 9 heteroatoms. The van der Waals surface area contributed by atoms with Crippen LogP contribution < -0.4 is 16.6 Å². The number of carbonyl (C=O) groups excluding carboxylic acids is 3. The van der Waals surface area contributed by atoms with Crippen molar-refractivity contribution in [2.24, 2.45) is 5.73 Å². The molecule has 164 valence electrons. The van der Waals surface area contributed by atoms with E-state index in [1.807, 2.05) is 36.4 Å². The lowest BCUT2D eigenvalue weighted by Gasteiger charge is -2.22. The molecule has 4 N–H and O–H groups in total. The molecule has 3 amide bonds. The van der Waals surface area contributed by atoms with Crippen LogP contribution in [-0.2, 0) is 14.3 Å². The number of ether oxygens (including phenoxy) is 1. The molecule has 0 radical (unpaired) electrons. The van der Waals surface area contributed by atoms with Crippen LogP contribution in [-0.4, -0.2) is 53.5 Å². The first-order chi connectivity index (χ1) is 15.0. The number of fused-ring (bicyclic) bond motifs is 1. The van der Waals surface area contributed by atoms with E-state index in [1.165, 1.54) is 4.90 Å². The largest absolute Gasteiger partial charge is 0.450 e. The van der Waals surface area contributed by atoms with Crippen molar-refractivity contribution in [3.05, 3.63) is 52.5 Å². The summed E-state index contributed by atoms with van der Waals surface area (Å²) in [5.74, 6) is -0.882. The molecule has 1 aliphatic rings. The van der Waals surface area contributed by atoms with Crippen molar-refractivity contribution < 1.29 is 19.1 Å². The zero-order chi connectivity index (χ0) is 22.2. The number of alkyl carbamates (subject to hydrolysis) is 1. The first-order valence-electron chi connectivity index (χ1n) is 10.2. The third kappa shape index (κ3) is 5.94. The van der Waals surface area contributed by atoms with E-state index in [-0.39, 0.29) is 24.6 Å². The smallest absolute Gasteiger partial charge is 0.407 e. The van der Waals surface area contributed by atoms with Crippen molar-refractivity contribution >= 4 is 34.8 Å². The van der Waals surface area contributed by atoms with Gasteiger partial charge in [0.2, 0.25) is 11.8 Å². The molecule has 3 rings (SSSR count). The van der Waals surface area contributed by atoms with Crippen molar-refractivity contribution in [2.45, 2.75) is 31.7 Å². The highest BCUT2D eigenvalue weighted by molar-refractivity contribution is 5.89. The van der Waals surface area contributed by atoms with Gasteiger partial charge < -0.3 is 25.7 Å².